The minimum atomic E-state index is -1.12. The first kappa shape index (κ1) is 27.5. The number of aromatic nitrogens is 3. The van der Waals surface area contributed by atoms with E-state index in [0.29, 0.717) is 24.4 Å². The zero-order valence-corrected chi connectivity index (χ0v) is 21.6. The van der Waals surface area contributed by atoms with Crippen LogP contribution in [0.25, 0.3) is 11.2 Å². The quantitative estimate of drug-likeness (QED) is 0.640. The fourth-order valence-corrected chi connectivity index (χ4v) is 3.73. The number of rotatable bonds is 7. The number of hydrogen-bond acceptors (Lipinski definition) is 4. The maximum Gasteiger partial charge on any atom is 0.330 e. The molecule has 0 saturated carbocycles. The molecule has 0 aromatic carbocycles. The minimum absolute atomic E-state index is 0.0394. The van der Waals surface area contributed by atoms with Gasteiger partial charge < -0.3 is 10.6 Å². The van der Waals surface area contributed by atoms with Crippen LogP contribution in [-0.2, 0) is 18.4 Å². The molecule has 1 aliphatic rings. The maximum absolute atomic E-state index is 14.8. The fraction of sp³-hybridized carbons (Fsp3) is 0.577. The Hall–Kier alpha value is -2.74. The highest BCUT2D eigenvalue weighted by Gasteiger charge is 2.25. The van der Waals surface area contributed by atoms with Gasteiger partial charge >= 0.3 is 5.69 Å². The van der Waals surface area contributed by atoms with E-state index < -0.39 is 12.1 Å². The summed E-state index contributed by atoms with van der Waals surface area (Å²) in [6, 6.07) is 3.75. The third-order valence-electron chi connectivity index (χ3n) is 5.67. The van der Waals surface area contributed by atoms with Gasteiger partial charge in [0.25, 0.3) is 0 Å². The molecule has 188 valence electrons. The Morgan fingerprint density at radius 3 is 2.44 bits per heavy atom. The topological polar surface area (TPSA) is 81.0 Å². The van der Waals surface area contributed by atoms with Gasteiger partial charge in [0.1, 0.15) is 6.17 Å². The number of hydrogen-bond donors (Lipinski definition) is 2. The monoisotopic (exact) mass is 473 g/mol. The second-order valence-corrected chi connectivity index (χ2v) is 9.82. The molecule has 0 radical (unpaired) electrons. The molecule has 0 bridgehead atoms. The van der Waals surface area contributed by atoms with E-state index in [1.165, 1.54) is 6.92 Å². The molecule has 3 rings (SSSR count). The third-order valence-corrected chi connectivity index (χ3v) is 5.67. The Kier molecular flexibility index (Phi) is 9.79. The van der Waals surface area contributed by atoms with Crippen molar-refractivity contribution < 1.29 is 9.18 Å². The molecule has 2 N–H and O–H groups in total. The summed E-state index contributed by atoms with van der Waals surface area (Å²) >= 11 is 0. The lowest BCUT2D eigenvalue weighted by Crippen LogP contribution is -2.24. The molecule has 1 aliphatic carbocycles. The lowest BCUT2D eigenvalue weighted by atomic mass is 9.91. The summed E-state index contributed by atoms with van der Waals surface area (Å²) in [6.45, 7) is 14.8. The molecule has 2 aromatic rings. The van der Waals surface area contributed by atoms with E-state index in [-0.39, 0.29) is 17.0 Å². The highest BCUT2D eigenvalue weighted by molar-refractivity contribution is 5.72. The average molecular weight is 474 g/mol. The molecular formula is C26H40FN5O2. The van der Waals surface area contributed by atoms with Crippen molar-refractivity contribution in [1.82, 2.24) is 24.8 Å². The molecule has 2 atom stereocenters. The van der Waals surface area contributed by atoms with Crippen molar-refractivity contribution in [3.8, 4) is 0 Å². The number of nitrogens with zero attached hydrogens (tertiary/aromatic N) is 3. The van der Waals surface area contributed by atoms with Crippen LogP contribution < -0.4 is 16.3 Å². The number of carbonyl (C=O) groups is 1. The van der Waals surface area contributed by atoms with E-state index in [1.54, 1.807) is 22.3 Å². The summed E-state index contributed by atoms with van der Waals surface area (Å²) in [6.07, 6.45) is 5.27. The Bertz CT molecular complexity index is 1090. The normalized spacial score (nSPS) is 17.8. The Balaban J connectivity index is 0.000000604. The molecule has 2 aromatic heterocycles. The number of aryl methyl sites for hydroxylation is 2. The number of alkyl halides is 1. The van der Waals surface area contributed by atoms with E-state index in [0.717, 1.165) is 30.6 Å². The number of pyridine rings is 1. The van der Waals surface area contributed by atoms with Gasteiger partial charge in [0, 0.05) is 33.6 Å². The number of nitrogens with one attached hydrogen (secondary N) is 2. The van der Waals surface area contributed by atoms with Crippen molar-refractivity contribution in [2.45, 2.75) is 66.6 Å². The first-order valence-corrected chi connectivity index (χ1v) is 12.0. The maximum atomic E-state index is 14.8. The van der Waals surface area contributed by atoms with Crippen LogP contribution in [-0.4, -0.2) is 45.8 Å². The second-order valence-electron chi connectivity index (χ2n) is 9.82. The van der Waals surface area contributed by atoms with Gasteiger partial charge in [-0.05, 0) is 49.1 Å². The summed E-state index contributed by atoms with van der Waals surface area (Å²) in [7, 11) is 1.73. The number of carbonyl (C=O) groups excluding carboxylic acids is 1. The van der Waals surface area contributed by atoms with E-state index in [1.807, 2.05) is 38.1 Å². The lowest BCUT2D eigenvalue weighted by molar-refractivity contribution is -0.118. The summed E-state index contributed by atoms with van der Waals surface area (Å²) in [4.78, 5) is 27.3. The van der Waals surface area contributed by atoms with Crippen LogP contribution in [0.4, 0.5) is 4.39 Å². The van der Waals surface area contributed by atoms with E-state index in [9.17, 15) is 14.0 Å². The Labute approximate surface area is 202 Å². The van der Waals surface area contributed by atoms with E-state index >= 15 is 0 Å². The molecule has 0 saturated heterocycles. The molecule has 0 aliphatic heterocycles. The number of halogens is 1. The third kappa shape index (κ3) is 7.38. The van der Waals surface area contributed by atoms with Crippen LogP contribution in [0.3, 0.4) is 0 Å². The summed E-state index contributed by atoms with van der Waals surface area (Å²) in [5.74, 6) is -0.389. The standard InChI is InChI=1S/C22H31FN4O.C4H9NO/c1-6-24-14-15-7-8-16(17(23)13-15)18-9-10-19-20(25-18)26(5)21(28)27(19)12-11-22(2,3)4;1-3-5-4(2)6/h7-10,13,16-17,24H,6,11-12,14H2,1-5H3;3H2,1-2H3,(H,5,6). The van der Waals surface area contributed by atoms with Gasteiger partial charge in [0.2, 0.25) is 5.91 Å². The van der Waals surface area contributed by atoms with Gasteiger partial charge in [-0.1, -0.05) is 39.8 Å². The first-order chi connectivity index (χ1) is 16.0. The van der Waals surface area contributed by atoms with Crippen molar-refractivity contribution >= 4 is 17.1 Å². The molecule has 0 spiro atoms. The predicted molar refractivity (Wildman–Crippen MR) is 137 cm³/mol. The molecule has 34 heavy (non-hydrogen) atoms. The van der Waals surface area contributed by atoms with Crippen molar-refractivity contribution in [2.75, 3.05) is 19.6 Å². The zero-order chi connectivity index (χ0) is 25.5. The van der Waals surface area contributed by atoms with Gasteiger partial charge in [-0.3, -0.25) is 13.9 Å². The van der Waals surface area contributed by atoms with Crippen molar-refractivity contribution in [3.63, 3.8) is 0 Å². The van der Waals surface area contributed by atoms with Crippen LogP contribution in [0.2, 0.25) is 0 Å². The summed E-state index contributed by atoms with van der Waals surface area (Å²) < 4.78 is 18.1. The van der Waals surface area contributed by atoms with E-state index in [4.69, 9.17) is 0 Å². The molecule has 7 nitrogen and oxygen atoms in total. The van der Waals surface area contributed by atoms with Gasteiger partial charge in [0.15, 0.2) is 5.65 Å². The Morgan fingerprint density at radius 2 is 1.91 bits per heavy atom. The molecule has 2 heterocycles. The SMILES string of the molecule is CCNC(C)=O.CCNCC1=CC(F)C(c2ccc3c(n2)n(C)c(=O)n3CCC(C)(C)C)C=C1. The molecular weight excluding hydrogens is 433 g/mol. The fourth-order valence-electron chi connectivity index (χ4n) is 3.73. The number of fused-ring (bicyclic) bond motifs is 1. The van der Waals surface area contributed by atoms with Crippen molar-refractivity contribution in [2.24, 2.45) is 12.5 Å². The number of likely N-dealkylation sites (N-methyl/N-ethyl adjacent to an activating group) is 1. The van der Waals surface area contributed by atoms with Crippen molar-refractivity contribution in [1.29, 1.82) is 0 Å². The van der Waals surface area contributed by atoms with Gasteiger partial charge in [0.05, 0.1) is 17.1 Å². The van der Waals surface area contributed by atoms with Crippen LogP contribution >= 0.6 is 0 Å². The van der Waals surface area contributed by atoms with Crippen LogP contribution in [0.5, 0.6) is 0 Å². The van der Waals surface area contributed by atoms with Crippen LogP contribution in [0.1, 0.15) is 59.6 Å². The first-order valence-electron chi connectivity index (χ1n) is 12.0. The van der Waals surface area contributed by atoms with E-state index in [2.05, 4.69) is 36.4 Å². The Morgan fingerprint density at radius 1 is 1.21 bits per heavy atom. The van der Waals surface area contributed by atoms with Gasteiger partial charge in [-0.15, -0.1) is 0 Å². The molecule has 2 unspecified atom stereocenters. The highest BCUT2D eigenvalue weighted by atomic mass is 19.1. The molecule has 8 heteroatoms. The van der Waals surface area contributed by atoms with Gasteiger partial charge in [-0.25, -0.2) is 14.2 Å². The smallest absolute Gasteiger partial charge is 0.330 e. The second kappa shape index (κ2) is 12.1. The average Bonchev–Trinajstić information content (AvgIpc) is 3.00. The zero-order valence-electron chi connectivity index (χ0n) is 21.6. The van der Waals surface area contributed by atoms with Crippen LogP contribution in [0, 0.1) is 5.41 Å². The predicted octanol–water partition coefficient (Wildman–Crippen LogP) is 3.84. The van der Waals surface area contributed by atoms with Crippen LogP contribution in [0.15, 0.2) is 40.7 Å². The number of imidazole rings is 1. The van der Waals surface area contributed by atoms with Crippen molar-refractivity contribution in [3.05, 3.63) is 52.1 Å². The number of amides is 1. The highest BCUT2D eigenvalue weighted by Crippen LogP contribution is 2.29. The number of allylic oxidation sites excluding steroid dienone is 2. The largest absolute Gasteiger partial charge is 0.357 e. The molecule has 1 amide bonds. The summed E-state index contributed by atoms with van der Waals surface area (Å²) in [5.41, 5.74) is 3.08. The minimum Gasteiger partial charge on any atom is -0.357 e. The lowest BCUT2D eigenvalue weighted by Gasteiger charge is -2.20. The van der Waals surface area contributed by atoms with Gasteiger partial charge in [-0.2, -0.15) is 0 Å². The molecule has 0 fully saturated rings. The summed E-state index contributed by atoms with van der Waals surface area (Å²) in [5, 5.41) is 5.78.